The molecule has 1 amide bonds. The highest BCUT2D eigenvalue weighted by Gasteiger charge is 2.42. The van der Waals surface area contributed by atoms with Crippen molar-refractivity contribution in [2.75, 3.05) is 29.9 Å². The normalized spacial score (nSPS) is 24.3. The van der Waals surface area contributed by atoms with Crippen molar-refractivity contribution in [2.24, 2.45) is 0 Å². The highest BCUT2D eigenvalue weighted by molar-refractivity contribution is 5.95. The number of nitrogens with zero attached hydrogens (tertiary/aromatic N) is 1. The summed E-state index contributed by atoms with van der Waals surface area (Å²) >= 11 is 0. The van der Waals surface area contributed by atoms with Gasteiger partial charge >= 0.3 is 0 Å². The first-order valence-corrected chi connectivity index (χ1v) is 7.31. The minimum Gasteiger partial charge on any atom is -0.371 e. The second kappa shape index (κ2) is 5.60. The van der Waals surface area contributed by atoms with Crippen LogP contribution in [0.2, 0.25) is 0 Å². The van der Waals surface area contributed by atoms with Crippen LogP contribution in [0.4, 0.5) is 20.2 Å². The van der Waals surface area contributed by atoms with Crippen LogP contribution in [0.5, 0.6) is 0 Å². The zero-order valence-electron chi connectivity index (χ0n) is 11.7. The van der Waals surface area contributed by atoms with E-state index in [0.717, 1.165) is 18.8 Å². The number of carbonyl (C=O) groups is 1. The number of alkyl halides is 2. The smallest absolute Gasteiger partial charge is 0.262 e. The van der Waals surface area contributed by atoms with Crippen LogP contribution in [0.25, 0.3) is 0 Å². The monoisotopic (exact) mass is 295 g/mol. The van der Waals surface area contributed by atoms with Crippen molar-refractivity contribution in [2.45, 2.75) is 31.2 Å². The molecule has 2 aliphatic heterocycles. The number of halogens is 2. The molecule has 114 valence electrons. The molecule has 0 saturated carbocycles. The van der Waals surface area contributed by atoms with E-state index in [1.165, 1.54) is 12.8 Å². The summed E-state index contributed by atoms with van der Waals surface area (Å²) in [5.41, 5.74) is 1.72. The van der Waals surface area contributed by atoms with E-state index in [4.69, 9.17) is 0 Å². The molecule has 0 radical (unpaired) electrons. The van der Waals surface area contributed by atoms with Crippen LogP contribution >= 0.6 is 0 Å². The van der Waals surface area contributed by atoms with E-state index in [2.05, 4.69) is 15.5 Å². The number of anilines is 2. The van der Waals surface area contributed by atoms with Gasteiger partial charge in [0.15, 0.2) is 0 Å². The summed E-state index contributed by atoms with van der Waals surface area (Å²) in [6.45, 7) is 1.61. The Morgan fingerprint density at radius 3 is 2.76 bits per heavy atom. The van der Waals surface area contributed by atoms with E-state index in [1.54, 1.807) is 6.07 Å². The van der Waals surface area contributed by atoms with E-state index in [-0.39, 0.29) is 0 Å². The molecular formula is C15H19F2N3O. The minimum atomic E-state index is -2.79. The Labute approximate surface area is 122 Å². The van der Waals surface area contributed by atoms with Crippen LogP contribution in [0.15, 0.2) is 24.3 Å². The quantitative estimate of drug-likeness (QED) is 0.899. The van der Waals surface area contributed by atoms with Gasteiger partial charge in [0, 0.05) is 30.9 Å². The van der Waals surface area contributed by atoms with Crippen LogP contribution in [0, 0.1) is 0 Å². The fourth-order valence-corrected chi connectivity index (χ4v) is 2.89. The van der Waals surface area contributed by atoms with Gasteiger partial charge < -0.3 is 10.2 Å². The summed E-state index contributed by atoms with van der Waals surface area (Å²) in [6.07, 6.45) is 1.92. The van der Waals surface area contributed by atoms with Gasteiger partial charge in [-0.05, 0) is 31.0 Å². The van der Waals surface area contributed by atoms with Gasteiger partial charge in [0.2, 0.25) is 5.91 Å². The van der Waals surface area contributed by atoms with E-state index in [1.807, 2.05) is 18.2 Å². The van der Waals surface area contributed by atoms with Gasteiger partial charge in [0.25, 0.3) is 5.92 Å². The number of carbonyl (C=O) groups excluding carboxylic acids is 1. The van der Waals surface area contributed by atoms with Crippen molar-refractivity contribution in [1.82, 2.24) is 5.32 Å². The van der Waals surface area contributed by atoms with Crippen molar-refractivity contribution < 1.29 is 13.6 Å². The Hall–Kier alpha value is -1.69. The van der Waals surface area contributed by atoms with Gasteiger partial charge in [0.1, 0.15) is 0 Å². The zero-order chi connectivity index (χ0) is 14.9. The fraction of sp³-hybridized carbons (Fsp3) is 0.533. The van der Waals surface area contributed by atoms with Crippen molar-refractivity contribution in [3.8, 4) is 0 Å². The van der Waals surface area contributed by atoms with Gasteiger partial charge in [-0.15, -0.1) is 0 Å². The molecule has 3 rings (SSSR count). The van der Waals surface area contributed by atoms with Gasteiger partial charge in [-0.1, -0.05) is 6.07 Å². The molecular weight excluding hydrogens is 276 g/mol. The second-order valence-electron chi connectivity index (χ2n) is 5.73. The summed E-state index contributed by atoms with van der Waals surface area (Å²) in [4.78, 5) is 14.3. The number of rotatable bonds is 3. The number of benzene rings is 1. The van der Waals surface area contributed by atoms with Gasteiger partial charge in [0.05, 0.1) is 12.6 Å². The maximum absolute atomic E-state index is 13.1. The Morgan fingerprint density at radius 1 is 1.33 bits per heavy atom. The lowest BCUT2D eigenvalue weighted by atomic mass is 10.1. The molecule has 1 unspecified atom stereocenters. The van der Waals surface area contributed by atoms with Crippen molar-refractivity contribution >= 4 is 17.3 Å². The molecule has 0 aliphatic carbocycles. The third-order valence-electron chi connectivity index (χ3n) is 4.01. The fourth-order valence-electron chi connectivity index (χ4n) is 2.89. The van der Waals surface area contributed by atoms with Crippen molar-refractivity contribution in [3.63, 3.8) is 0 Å². The predicted molar refractivity (Wildman–Crippen MR) is 77.9 cm³/mol. The van der Waals surface area contributed by atoms with Gasteiger partial charge in [-0.25, -0.2) is 8.78 Å². The summed E-state index contributed by atoms with van der Waals surface area (Å²) in [7, 11) is 0. The first kappa shape index (κ1) is 14.3. The molecule has 2 N–H and O–H groups in total. The largest absolute Gasteiger partial charge is 0.371 e. The lowest BCUT2D eigenvalue weighted by molar-refractivity contribution is -0.118. The molecule has 1 aromatic rings. The molecule has 2 saturated heterocycles. The van der Waals surface area contributed by atoms with Crippen LogP contribution < -0.4 is 15.5 Å². The molecule has 4 nitrogen and oxygen atoms in total. The Kier molecular flexibility index (Phi) is 3.80. The third kappa shape index (κ3) is 3.32. The lowest BCUT2D eigenvalue weighted by Gasteiger charge is -2.19. The van der Waals surface area contributed by atoms with Gasteiger partial charge in [-0.3, -0.25) is 10.1 Å². The number of nitrogens with one attached hydrogen (secondary N) is 2. The Morgan fingerprint density at radius 2 is 2.10 bits per heavy atom. The summed E-state index contributed by atoms with van der Waals surface area (Å²) in [5, 5.41) is 5.29. The topological polar surface area (TPSA) is 44.4 Å². The Balaban J connectivity index is 1.64. The number of hydrogen-bond donors (Lipinski definition) is 2. The van der Waals surface area contributed by atoms with Crippen LogP contribution in [-0.4, -0.2) is 37.5 Å². The molecule has 1 aromatic carbocycles. The summed E-state index contributed by atoms with van der Waals surface area (Å²) in [6, 6.07) is 6.74. The molecule has 0 aromatic heterocycles. The van der Waals surface area contributed by atoms with Crippen molar-refractivity contribution in [1.29, 1.82) is 0 Å². The van der Waals surface area contributed by atoms with Gasteiger partial charge in [-0.2, -0.15) is 0 Å². The maximum atomic E-state index is 13.1. The molecule has 2 heterocycles. The van der Waals surface area contributed by atoms with E-state index in [0.29, 0.717) is 5.69 Å². The first-order chi connectivity index (χ1) is 10.0. The van der Waals surface area contributed by atoms with E-state index >= 15 is 0 Å². The molecule has 21 heavy (non-hydrogen) atoms. The average molecular weight is 295 g/mol. The standard InChI is InChI=1S/C15H19F2N3O/c16-15(17)9-13(18-10-15)14(21)19-11-4-3-5-12(8-11)20-6-1-2-7-20/h3-5,8,13,18H,1-2,6-7,9-10H2,(H,19,21). The molecule has 6 heteroatoms. The second-order valence-corrected chi connectivity index (χ2v) is 5.73. The molecule has 2 fully saturated rings. The highest BCUT2D eigenvalue weighted by atomic mass is 19.3. The molecule has 1 atom stereocenters. The van der Waals surface area contributed by atoms with Crippen LogP contribution in [-0.2, 0) is 4.79 Å². The maximum Gasteiger partial charge on any atom is 0.262 e. The van der Waals surface area contributed by atoms with E-state index in [9.17, 15) is 13.6 Å². The van der Waals surface area contributed by atoms with Crippen LogP contribution in [0.1, 0.15) is 19.3 Å². The molecule has 0 bridgehead atoms. The number of amides is 1. The highest BCUT2D eigenvalue weighted by Crippen LogP contribution is 2.27. The average Bonchev–Trinajstić information content (AvgIpc) is 3.08. The Bertz CT molecular complexity index is 529. The minimum absolute atomic E-state index is 0.397. The summed E-state index contributed by atoms with van der Waals surface area (Å²) in [5.74, 6) is -3.19. The predicted octanol–water partition coefficient (Wildman–Crippen LogP) is 2.22. The SMILES string of the molecule is O=C(Nc1cccc(N2CCCC2)c1)C1CC(F)(F)CN1. The number of hydrogen-bond acceptors (Lipinski definition) is 3. The molecule has 0 spiro atoms. The van der Waals surface area contributed by atoms with E-state index < -0.39 is 30.8 Å². The summed E-state index contributed by atoms with van der Waals surface area (Å²) < 4.78 is 26.2. The van der Waals surface area contributed by atoms with Crippen molar-refractivity contribution in [3.05, 3.63) is 24.3 Å². The first-order valence-electron chi connectivity index (χ1n) is 7.31. The zero-order valence-corrected chi connectivity index (χ0v) is 11.7. The van der Waals surface area contributed by atoms with Crippen LogP contribution in [0.3, 0.4) is 0 Å². The third-order valence-corrected chi connectivity index (χ3v) is 4.01. The molecule has 2 aliphatic rings. The lowest BCUT2D eigenvalue weighted by Crippen LogP contribution is -2.35.